The van der Waals surface area contributed by atoms with Gasteiger partial charge in [-0.25, -0.2) is 0 Å². The van der Waals surface area contributed by atoms with Gasteiger partial charge in [-0.1, -0.05) is 30.3 Å². The average molecular weight is 230 g/mol. The maximum absolute atomic E-state index is 11.3. The molecular formula is C11H16ClNO2. The fourth-order valence-electron chi connectivity index (χ4n) is 1.30. The predicted octanol–water partition coefficient (Wildman–Crippen LogP) is 1.41. The highest BCUT2D eigenvalue weighted by Gasteiger charge is 2.16. The number of hydrogen-bond donors (Lipinski definition) is 1. The van der Waals surface area contributed by atoms with Crippen LogP contribution in [0.15, 0.2) is 30.3 Å². The number of esters is 1. The Morgan fingerprint density at radius 2 is 2.00 bits per heavy atom. The van der Waals surface area contributed by atoms with Crippen LogP contribution in [0.2, 0.25) is 0 Å². The summed E-state index contributed by atoms with van der Waals surface area (Å²) >= 11 is 0. The van der Waals surface area contributed by atoms with Gasteiger partial charge in [-0.3, -0.25) is 4.79 Å². The summed E-state index contributed by atoms with van der Waals surface area (Å²) in [6.07, 6.45) is 0.657. The Morgan fingerprint density at radius 1 is 1.40 bits per heavy atom. The number of hydrogen-bond acceptors (Lipinski definition) is 3. The van der Waals surface area contributed by atoms with Crippen LogP contribution in [0.4, 0.5) is 0 Å². The van der Waals surface area contributed by atoms with Gasteiger partial charge in [0.1, 0.15) is 6.04 Å². The largest absolute Gasteiger partial charge is 0.468 e. The van der Waals surface area contributed by atoms with Gasteiger partial charge in [-0.15, -0.1) is 12.4 Å². The third-order valence-corrected chi connectivity index (χ3v) is 2.12. The molecule has 3 nitrogen and oxygen atoms in total. The van der Waals surface area contributed by atoms with E-state index in [-0.39, 0.29) is 24.4 Å². The molecule has 1 aromatic rings. The lowest BCUT2D eigenvalue weighted by atomic mass is 10.1. The SMILES string of the molecule is CNC(Cc1ccccc1)C(=O)OC.Cl. The average Bonchev–Trinajstić information content (AvgIpc) is 2.26. The molecule has 1 aromatic carbocycles. The number of ether oxygens (including phenoxy) is 1. The minimum Gasteiger partial charge on any atom is -0.468 e. The summed E-state index contributed by atoms with van der Waals surface area (Å²) in [5, 5.41) is 2.93. The lowest BCUT2D eigenvalue weighted by Crippen LogP contribution is -2.36. The number of nitrogens with one attached hydrogen (secondary N) is 1. The molecule has 0 aliphatic rings. The molecule has 0 heterocycles. The Balaban J connectivity index is 0.00000196. The van der Waals surface area contributed by atoms with Crippen LogP contribution in [-0.4, -0.2) is 26.2 Å². The Bertz CT molecular complexity index is 290. The van der Waals surface area contributed by atoms with Crippen molar-refractivity contribution in [1.29, 1.82) is 0 Å². The summed E-state index contributed by atoms with van der Waals surface area (Å²) < 4.78 is 4.67. The second kappa shape index (κ2) is 7.26. The molecule has 15 heavy (non-hydrogen) atoms. The summed E-state index contributed by atoms with van der Waals surface area (Å²) in [7, 11) is 3.15. The lowest BCUT2D eigenvalue weighted by Gasteiger charge is -2.13. The smallest absolute Gasteiger partial charge is 0.323 e. The highest BCUT2D eigenvalue weighted by Crippen LogP contribution is 2.03. The van der Waals surface area contributed by atoms with E-state index in [4.69, 9.17) is 0 Å². The molecule has 0 radical (unpaired) electrons. The summed E-state index contributed by atoms with van der Waals surface area (Å²) in [6.45, 7) is 0. The van der Waals surface area contributed by atoms with Crippen molar-refractivity contribution >= 4 is 18.4 Å². The molecule has 0 aliphatic carbocycles. The van der Waals surface area contributed by atoms with Crippen molar-refractivity contribution < 1.29 is 9.53 Å². The van der Waals surface area contributed by atoms with Gasteiger partial charge in [0.15, 0.2) is 0 Å². The quantitative estimate of drug-likeness (QED) is 0.794. The summed E-state index contributed by atoms with van der Waals surface area (Å²) in [5.74, 6) is -0.226. The zero-order valence-electron chi connectivity index (χ0n) is 8.90. The standard InChI is InChI=1S/C11H15NO2.ClH/c1-12-10(11(13)14-2)8-9-6-4-3-5-7-9;/h3-7,10,12H,8H2,1-2H3;1H. The molecule has 0 fully saturated rings. The first-order valence-electron chi connectivity index (χ1n) is 4.57. The Kier molecular flexibility index (Phi) is 6.75. The van der Waals surface area contributed by atoms with Gasteiger partial charge in [0.05, 0.1) is 7.11 Å². The first-order valence-corrected chi connectivity index (χ1v) is 4.57. The van der Waals surface area contributed by atoms with E-state index < -0.39 is 0 Å². The number of carbonyl (C=O) groups excluding carboxylic acids is 1. The van der Waals surface area contributed by atoms with Gasteiger partial charge < -0.3 is 10.1 Å². The summed E-state index contributed by atoms with van der Waals surface area (Å²) in [4.78, 5) is 11.3. The second-order valence-electron chi connectivity index (χ2n) is 3.05. The fourth-order valence-corrected chi connectivity index (χ4v) is 1.30. The van der Waals surface area contributed by atoms with Gasteiger partial charge in [0, 0.05) is 0 Å². The summed E-state index contributed by atoms with van der Waals surface area (Å²) in [6, 6.07) is 9.59. The van der Waals surface area contributed by atoms with Crippen molar-refractivity contribution in [1.82, 2.24) is 5.32 Å². The highest BCUT2D eigenvalue weighted by atomic mass is 35.5. The van der Waals surface area contributed by atoms with Crippen LogP contribution in [0.3, 0.4) is 0 Å². The Labute approximate surface area is 96.2 Å². The third-order valence-electron chi connectivity index (χ3n) is 2.12. The lowest BCUT2D eigenvalue weighted by molar-refractivity contribution is -0.142. The number of carbonyl (C=O) groups is 1. The van der Waals surface area contributed by atoms with Gasteiger partial charge in [0.25, 0.3) is 0 Å². The van der Waals surface area contributed by atoms with Crippen LogP contribution >= 0.6 is 12.4 Å². The van der Waals surface area contributed by atoms with Gasteiger partial charge in [-0.05, 0) is 19.0 Å². The second-order valence-corrected chi connectivity index (χ2v) is 3.05. The molecule has 84 valence electrons. The molecule has 0 aliphatic heterocycles. The topological polar surface area (TPSA) is 38.3 Å². The normalized spacial score (nSPS) is 11.3. The van der Waals surface area contributed by atoms with Crippen molar-refractivity contribution in [3.05, 3.63) is 35.9 Å². The summed E-state index contributed by atoms with van der Waals surface area (Å²) in [5.41, 5.74) is 1.12. The fraction of sp³-hybridized carbons (Fsp3) is 0.364. The van der Waals surface area contributed by atoms with E-state index in [1.165, 1.54) is 7.11 Å². The van der Waals surface area contributed by atoms with Crippen LogP contribution in [0, 0.1) is 0 Å². The van der Waals surface area contributed by atoms with Crippen molar-refractivity contribution in [2.45, 2.75) is 12.5 Å². The first-order chi connectivity index (χ1) is 6.77. The minimum atomic E-state index is -0.262. The van der Waals surface area contributed by atoms with Crippen molar-refractivity contribution in [2.24, 2.45) is 0 Å². The van der Waals surface area contributed by atoms with Gasteiger partial charge in [-0.2, -0.15) is 0 Å². The highest BCUT2D eigenvalue weighted by molar-refractivity contribution is 5.85. The number of likely N-dealkylation sites (N-methyl/N-ethyl adjacent to an activating group) is 1. The van der Waals surface area contributed by atoms with E-state index in [0.717, 1.165) is 5.56 Å². The maximum Gasteiger partial charge on any atom is 0.323 e. The Hall–Kier alpha value is -1.06. The van der Waals surface area contributed by atoms with Crippen molar-refractivity contribution in [3.63, 3.8) is 0 Å². The monoisotopic (exact) mass is 229 g/mol. The molecular weight excluding hydrogens is 214 g/mol. The van der Waals surface area contributed by atoms with E-state index in [2.05, 4.69) is 10.1 Å². The molecule has 0 saturated heterocycles. The van der Waals surface area contributed by atoms with Crippen LogP contribution in [0.1, 0.15) is 5.56 Å². The molecule has 0 saturated carbocycles. The van der Waals surface area contributed by atoms with Crippen molar-refractivity contribution in [2.75, 3.05) is 14.2 Å². The number of benzene rings is 1. The zero-order valence-corrected chi connectivity index (χ0v) is 9.71. The van der Waals surface area contributed by atoms with Crippen LogP contribution < -0.4 is 5.32 Å². The van der Waals surface area contributed by atoms with E-state index in [0.29, 0.717) is 6.42 Å². The molecule has 4 heteroatoms. The Morgan fingerprint density at radius 3 is 2.47 bits per heavy atom. The van der Waals surface area contributed by atoms with E-state index >= 15 is 0 Å². The molecule has 1 unspecified atom stereocenters. The number of methoxy groups -OCH3 is 1. The van der Waals surface area contributed by atoms with E-state index in [1.807, 2.05) is 30.3 Å². The van der Waals surface area contributed by atoms with Crippen LogP contribution in [0.5, 0.6) is 0 Å². The van der Waals surface area contributed by atoms with Crippen LogP contribution in [-0.2, 0) is 16.0 Å². The number of rotatable bonds is 4. The molecule has 1 rings (SSSR count). The third kappa shape index (κ3) is 4.32. The molecule has 0 aromatic heterocycles. The number of halogens is 1. The molecule has 0 spiro atoms. The first kappa shape index (κ1) is 13.9. The van der Waals surface area contributed by atoms with Gasteiger partial charge >= 0.3 is 5.97 Å². The predicted molar refractivity (Wildman–Crippen MR) is 62.3 cm³/mol. The molecule has 0 amide bonds. The van der Waals surface area contributed by atoms with E-state index in [1.54, 1.807) is 7.05 Å². The van der Waals surface area contributed by atoms with Crippen LogP contribution in [0.25, 0.3) is 0 Å². The minimum absolute atomic E-state index is 0. The zero-order chi connectivity index (χ0) is 10.4. The molecule has 0 bridgehead atoms. The van der Waals surface area contributed by atoms with Crippen molar-refractivity contribution in [3.8, 4) is 0 Å². The molecule has 1 N–H and O–H groups in total. The maximum atomic E-state index is 11.3. The van der Waals surface area contributed by atoms with Gasteiger partial charge in [0.2, 0.25) is 0 Å². The van der Waals surface area contributed by atoms with E-state index in [9.17, 15) is 4.79 Å². The molecule has 1 atom stereocenters.